The minimum absolute atomic E-state index is 0.141. The first-order chi connectivity index (χ1) is 14.7. The van der Waals surface area contributed by atoms with Crippen molar-refractivity contribution in [2.45, 2.75) is 25.7 Å². The maximum absolute atomic E-state index is 14.4. The largest absolute Gasteiger partial charge is 0.493 e. The first kappa shape index (κ1) is 22.0. The van der Waals surface area contributed by atoms with Gasteiger partial charge in [0.1, 0.15) is 5.75 Å². The van der Waals surface area contributed by atoms with Crippen LogP contribution in [0.5, 0.6) is 23.0 Å². The fraction of sp³-hybridized carbons (Fsp3) is 0.348. The number of hydrogen-bond donors (Lipinski definition) is 2. The summed E-state index contributed by atoms with van der Waals surface area (Å²) in [5, 5.41) is 3.62. The van der Waals surface area contributed by atoms with Crippen molar-refractivity contribution < 1.29 is 18.6 Å². The van der Waals surface area contributed by atoms with Crippen LogP contribution in [-0.4, -0.2) is 31.5 Å². The van der Waals surface area contributed by atoms with Crippen LogP contribution in [0.1, 0.15) is 25.7 Å². The van der Waals surface area contributed by atoms with Crippen LogP contribution in [0, 0.1) is 5.82 Å². The molecule has 0 spiro atoms. The normalized spacial score (nSPS) is 10.8. The van der Waals surface area contributed by atoms with Crippen molar-refractivity contribution in [2.24, 2.45) is 0 Å². The molecule has 0 aliphatic heterocycles. The lowest BCUT2D eigenvalue weighted by molar-refractivity contribution is 0.285. The molecule has 0 aliphatic carbocycles. The summed E-state index contributed by atoms with van der Waals surface area (Å²) in [4.78, 5) is 4.41. The van der Waals surface area contributed by atoms with Gasteiger partial charge in [0.05, 0.1) is 19.2 Å². The van der Waals surface area contributed by atoms with Gasteiger partial charge in [-0.25, -0.2) is 4.39 Å². The number of methoxy groups -OCH3 is 1. The van der Waals surface area contributed by atoms with Crippen LogP contribution in [0.2, 0.25) is 0 Å². The standard InChI is InChI=1S/C23H27FN2O3S/c1-25-16-7-8-21(18(24)13-16)29-20-9-10-26-19-15-23(22(27-2)14-17(19)20)28-11-5-3-4-6-12-30/h7-10,13-15,25,30H,3-6,11-12H2,1-2H3. The minimum atomic E-state index is -0.448. The predicted molar refractivity (Wildman–Crippen MR) is 122 cm³/mol. The number of unbranched alkanes of at least 4 members (excludes halogenated alkanes) is 3. The van der Waals surface area contributed by atoms with E-state index < -0.39 is 5.82 Å². The third kappa shape index (κ3) is 5.48. The summed E-state index contributed by atoms with van der Waals surface area (Å²) in [6.07, 6.45) is 5.96. The van der Waals surface area contributed by atoms with E-state index in [1.165, 1.54) is 6.07 Å². The summed E-state index contributed by atoms with van der Waals surface area (Å²) in [6.45, 7) is 0.605. The molecule has 5 nitrogen and oxygen atoms in total. The number of halogens is 1. The molecule has 3 aromatic rings. The van der Waals surface area contributed by atoms with Crippen molar-refractivity contribution in [1.29, 1.82) is 0 Å². The Kier molecular flexibility index (Phi) is 8.02. The number of nitrogens with one attached hydrogen (secondary N) is 1. The molecule has 0 unspecified atom stereocenters. The lowest BCUT2D eigenvalue weighted by Crippen LogP contribution is -2.00. The number of pyridine rings is 1. The Morgan fingerprint density at radius 1 is 0.967 bits per heavy atom. The van der Waals surface area contributed by atoms with Crippen molar-refractivity contribution in [3.05, 3.63) is 48.4 Å². The number of ether oxygens (including phenoxy) is 3. The van der Waals surface area contributed by atoms with Crippen molar-refractivity contribution in [2.75, 3.05) is 31.8 Å². The molecule has 2 aromatic carbocycles. The highest BCUT2D eigenvalue weighted by molar-refractivity contribution is 7.80. The van der Waals surface area contributed by atoms with Crippen molar-refractivity contribution in [3.63, 3.8) is 0 Å². The number of thiol groups is 1. The highest BCUT2D eigenvalue weighted by Crippen LogP contribution is 2.37. The highest BCUT2D eigenvalue weighted by Gasteiger charge is 2.13. The second-order valence-corrected chi connectivity index (χ2v) is 7.26. The summed E-state index contributed by atoms with van der Waals surface area (Å²) in [6, 6.07) is 10.1. The second-order valence-electron chi connectivity index (χ2n) is 6.81. The van der Waals surface area contributed by atoms with E-state index in [-0.39, 0.29) is 5.75 Å². The number of benzene rings is 2. The quantitative estimate of drug-likeness (QED) is 0.285. The van der Waals surface area contributed by atoms with E-state index in [1.807, 2.05) is 12.1 Å². The first-order valence-electron chi connectivity index (χ1n) is 10.0. The SMILES string of the molecule is CNc1ccc(Oc2ccnc3cc(OCCCCCCS)c(OC)cc23)c(F)c1. The van der Waals surface area contributed by atoms with Crippen molar-refractivity contribution in [1.82, 2.24) is 4.98 Å². The number of fused-ring (bicyclic) bond motifs is 1. The Balaban J connectivity index is 1.80. The van der Waals surface area contributed by atoms with Crippen LogP contribution in [0.15, 0.2) is 42.6 Å². The highest BCUT2D eigenvalue weighted by atomic mass is 32.1. The number of aromatic nitrogens is 1. The van der Waals surface area contributed by atoms with E-state index in [4.69, 9.17) is 14.2 Å². The van der Waals surface area contributed by atoms with E-state index >= 15 is 0 Å². The number of rotatable bonds is 11. The minimum Gasteiger partial charge on any atom is -0.493 e. The van der Waals surface area contributed by atoms with Gasteiger partial charge in [-0.2, -0.15) is 12.6 Å². The Labute approximate surface area is 182 Å². The van der Waals surface area contributed by atoms with Gasteiger partial charge in [-0.05, 0) is 42.9 Å². The molecule has 1 N–H and O–H groups in total. The average Bonchev–Trinajstić information content (AvgIpc) is 2.77. The van der Waals surface area contributed by atoms with Crippen LogP contribution in [-0.2, 0) is 0 Å². The summed E-state index contributed by atoms with van der Waals surface area (Å²) in [5.41, 5.74) is 1.36. The van der Waals surface area contributed by atoms with E-state index in [2.05, 4.69) is 22.9 Å². The van der Waals surface area contributed by atoms with Gasteiger partial charge in [-0.1, -0.05) is 12.8 Å². The first-order valence-corrected chi connectivity index (χ1v) is 10.6. The molecule has 30 heavy (non-hydrogen) atoms. The predicted octanol–water partition coefficient (Wildman–Crippen LogP) is 6.09. The van der Waals surface area contributed by atoms with Gasteiger partial charge >= 0.3 is 0 Å². The van der Waals surface area contributed by atoms with Gasteiger partial charge < -0.3 is 19.5 Å². The maximum Gasteiger partial charge on any atom is 0.167 e. The van der Waals surface area contributed by atoms with Crippen LogP contribution in [0.3, 0.4) is 0 Å². The van der Waals surface area contributed by atoms with E-state index in [0.29, 0.717) is 40.4 Å². The average molecular weight is 431 g/mol. The summed E-state index contributed by atoms with van der Waals surface area (Å²) in [7, 11) is 3.33. The molecule has 1 heterocycles. The van der Waals surface area contributed by atoms with Crippen LogP contribution >= 0.6 is 12.6 Å². The Hall–Kier alpha value is -2.67. The third-order valence-electron chi connectivity index (χ3n) is 4.74. The molecule has 0 fully saturated rings. The lowest BCUT2D eigenvalue weighted by Gasteiger charge is -2.14. The zero-order valence-electron chi connectivity index (χ0n) is 17.3. The fourth-order valence-electron chi connectivity index (χ4n) is 3.10. The molecule has 160 valence electrons. The molecule has 0 bridgehead atoms. The Morgan fingerprint density at radius 2 is 1.80 bits per heavy atom. The molecule has 0 radical (unpaired) electrons. The molecular weight excluding hydrogens is 403 g/mol. The molecule has 0 saturated heterocycles. The summed E-state index contributed by atoms with van der Waals surface area (Å²) >= 11 is 4.23. The topological polar surface area (TPSA) is 52.6 Å². The molecule has 0 saturated carbocycles. The molecule has 0 aliphatic rings. The maximum atomic E-state index is 14.4. The summed E-state index contributed by atoms with van der Waals surface area (Å²) in [5.74, 6) is 2.32. The Bertz CT molecular complexity index is 984. The number of anilines is 1. The molecule has 0 amide bonds. The molecule has 7 heteroatoms. The van der Waals surface area contributed by atoms with Gasteiger partial charge in [0.25, 0.3) is 0 Å². The van der Waals surface area contributed by atoms with Gasteiger partial charge in [0.2, 0.25) is 0 Å². The molecular formula is C23H27FN2O3S. The molecule has 3 rings (SSSR count). The van der Waals surface area contributed by atoms with Gasteiger partial charge in [-0.15, -0.1) is 0 Å². The van der Waals surface area contributed by atoms with E-state index in [9.17, 15) is 4.39 Å². The fourth-order valence-corrected chi connectivity index (χ4v) is 3.32. The summed E-state index contributed by atoms with van der Waals surface area (Å²) < 4.78 is 31.6. The second kappa shape index (κ2) is 10.9. The van der Waals surface area contributed by atoms with E-state index in [0.717, 1.165) is 31.4 Å². The monoisotopic (exact) mass is 430 g/mol. The molecule has 0 atom stereocenters. The van der Waals surface area contributed by atoms with Crippen LogP contribution < -0.4 is 19.5 Å². The Morgan fingerprint density at radius 3 is 2.53 bits per heavy atom. The van der Waals surface area contributed by atoms with Gasteiger partial charge in [-0.3, -0.25) is 4.98 Å². The van der Waals surface area contributed by atoms with E-state index in [1.54, 1.807) is 38.6 Å². The van der Waals surface area contributed by atoms with Crippen LogP contribution in [0.25, 0.3) is 10.9 Å². The number of hydrogen-bond acceptors (Lipinski definition) is 6. The van der Waals surface area contributed by atoms with Gasteiger partial charge in [0, 0.05) is 36.5 Å². The zero-order valence-corrected chi connectivity index (χ0v) is 18.2. The zero-order chi connectivity index (χ0) is 21.3. The third-order valence-corrected chi connectivity index (χ3v) is 5.05. The number of nitrogens with zero attached hydrogens (tertiary/aromatic N) is 1. The van der Waals surface area contributed by atoms with Crippen LogP contribution in [0.4, 0.5) is 10.1 Å². The lowest BCUT2D eigenvalue weighted by atomic mass is 10.1. The molecule has 1 aromatic heterocycles. The van der Waals surface area contributed by atoms with Gasteiger partial charge in [0.15, 0.2) is 23.1 Å². The van der Waals surface area contributed by atoms with Crippen molar-refractivity contribution in [3.8, 4) is 23.0 Å². The smallest absolute Gasteiger partial charge is 0.167 e. The van der Waals surface area contributed by atoms with Crippen molar-refractivity contribution >= 4 is 29.2 Å².